The number of hydrogen-bond acceptors (Lipinski definition) is 3. The molecule has 0 saturated carbocycles. The molecule has 0 spiro atoms. The van der Waals surface area contributed by atoms with Crippen molar-refractivity contribution in [1.82, 2.24) is 9.78 Å². The number of para-hydroxylation sites is 1. The zero-order valence-electron chi connectivity index (χ0n) is 13.1. The van der Waals surface area contributed by atoms with Gasteiger partial charge in [-0.25, -0.2) is 4.68 Å². The highest BCUT2D eigenvalue weighted by molar-refractivity contribution is 9.10. The van der Waals surface area contributed by atoms with E-state index in [0.717, 1.165) is 10.0 Å². The highest BCUT2D eigenvalue weighted by Gasteiger charge is 2.14. The molecule has 0 aliphatic heterocycles. The van der Waals surface area contributed by atoms with E-state index < -0.39 is 0 Å². The number of amides is 1. The Morgan fingerprint density at radius 1 is 1.21 bits per heavy atom. The van der Waals surface area contributed by atoms with Crippen LogP contribution in [0.25, 0.3) is 0 Å². The van der Waals surface area contributed by atoms with Crippen LogP contribution in [0.15, 0.2) is 65.3 Å². The average molecular weight is 386 g/mol. The third kappa shape index (κ3) is 3.65. The average Bonchev–Trinajstić information content (AvgIpc) is 3.01. The third-order valence-electron chi connectivity index (χ3n) is 3.53. The molecule has 0 aliphatic carbocycles. The van der Waals surface area contributed by atoms with E-state index in [2.05, 4.69) is 26.3 Å². The largest absolute Gasteiger partial charge is 0.496 e. The molecule has 1 heterocycles. The van der Waals surface area contributed by atoms with Crippen LogP contribution in [-0.2, 0) is 6.54 Å². The summed E-state index contributed by atoms with van der Waals surface area (Å²) in [6.07, 6.45) is 1.66. The smallest absolute Gasteiger partial charge is 0.260 e. The van der Waals surface area contributed by atoms with Crippen LogP contribution in [-0.4, -0.2) is 22.8 Å². The van der Waals surface area contributed by atoms with Gasteiger partial charge in [-0.3, -0.25) is 4.79 Å². The van der Waals surface area contributed by atoms with Crippen molar-refractivity contribution in [1.29, 1.82) is 0 Å². The molecule has 0 fully saturated rings. The standard InChI is InChI=1S/C18H16BrN3O2/c1-24-16-8-3-2-7-15(16)18(23)21-17-9-10-20-22(17)12-13-5-4-6-14(19)11-13/h2-11H,12H2,1H3,(H,21,23). The summed E-state index contributed by atoms with van der Waals surface area (Å²) < 4.78 is 7.99. The predicted octanol–water partition coefficient (Wildman–Crippen LogP) is 3.95. The van der Waals surface area contributed by atoms with Gasteiger partial charge in [-0.2, -0.15) is 5.10 Å². The summed E-state index contributed by atoms with van der Waals surface area (Å²) >= 11 is 3.46. The lowest BCUT2D eigenvalue weighted by Crippen LogP contribution is -2.17. The fourth-order valence-electron chi connectivity index (χ4n) is 2.39. The molecular formula is C18H16BrN3O2. The number of methoxy groups -OCH3 is 1. The Hall–Kier alpha value is -2.60. The molecule has 5 nitrogen and oxygen atoms in total. The van der Waals surface area contributed by atoms with Crippen molar-refractivity contribution in [3.05, 3.63) is 76.4 Å². The van der Waals surface area contributed by atoms with Gasteiger partial charge in [0.05, 0.1) is 25.4 Å². The second-order valence-electron chi connectivity index (χ2n) is 5.16. The van der Waals surface area contributed by atoms with E-state index in [1.807, 2.05) is 30.3 Å². The monoisotopic (exact) mass is 385 g/mol. The lowest BCUT2D eigenvalue weighted by Gasteiger charge is -2.11. The van der Waals surface area contributed by atoms with E-state index in [0.29, 0.717) is 23.7 Å². The number of rotatable bonds is 5. The molecular weight excluding hydrogens is 370 g/mol. The van der Waals surface area contributed by atoms with Crippen LogP contribution in [0.3, 0.4) is 0 Å². The first-order valence-electron chi connectivity index (χ1n) is 7.38. The second-order valence-corrected chi connectivity index (χ2v) is 6.07. The molecule has 0 unspecified atom stereocenters. The van der Waals surface area contributed by atoms with Crippen LogP contribution in [0.2, 0.25) is 0 Å². The van der Waals surface area contributed by atoms with Gasteiger partial charge in [0, 0.05) is 10.5 Å². The van der Waals surface area contributed by atoms with E-state index in [-0.39, 0.29) is 5.91 Å². The number of ether oxygens (including phenoxy) is 1. The summed E-state index contributed by atoms with van der Waals surface area (Å²) in [5.41, 5.74) is 1.57. The van der Waals surface area contributed by atoms with Crippen LogP contribution in [0.5, 0.6) is 5.75 Å². The molecule has 1 aromatic heterocycles. The molecule has 2 aromatic carbocycles. The third-order valence-corrected chi connectivity index (χ3v) is 4.02. The maximum atomic E-state index is 12.5. The minimum absolute atomic E-state index is 0.233. The number of carbonyl (C=O) groups is 1. The second kappa shape index (κ2) is 7.31. The highest BCUT2D eigenvalue weighted by atomic mass is 79.9. The first-order valence-corrected chi connectivity index (χ1v) is 8.17. The Labute approximate surface area is 148 Å². The normalized spacial score (nSPS) is 10.4. The van der Waals surface area contributed by atoms with Crippen molar-refractivity contribution in [3.8, 4) is 5.75 Å². The molecule has 24 heavy (non-hydrogen) atoms. The summed E-state index contributed by atoms with van der Waals surface area (Å²) in [7, 11) is 1.55. The van der Waals surface area contributed by atoms with E-state index >= 15 is 0 Å². The van der Waals surface area contributed by atoms with Crippen molar-refractivity contribution in [2.24, 2.45) is 0 Å². The molecule has 0 saturated heterocycles. The molecule has 0 bridgehead atoms. The summed E-state index contributed by atoms with van der Waals surface area (Å²) in [6.45, 7) is 0.563. The first-order chi connectivity index (χ1) is 11.7. The minimum atomic E-state index is -0.233. The van der Waals surface area contributed by atoms with Crippen molar-refractivity contribution in [2.75, 3.05) is 12.4 Å². The predicted molar refractivity (Wildman–Crippen MR) is 96.4 cm³/mol. The summed E-state index contributed by atoms with van der Waals surface area (Å²) in [5, 5.41) is 7.17. The topological polar surface area (TPSA) is 56.1 Å². The zero-order valence-corrected chi connectivity index (χ0v) is 14.7. The molecule has 1 amide bonds. The van der Waals surface area contributed by atoms with Gasteiger partial charge in [-0.1, -0.05) is 40.2 Å². The number of carbonyl (C=O) groups excluding carboxylic acids is 1. The lowest BCUT2D eigenvalue weighted by atomic mass is 10.2. The van der Waals surface area contributed by atoms with E-state index in [4.69, 9.17) is 4.74 Å². The number of benzene rings is 2. The number of halogens is 1. The molecule has 122 valence electrons. The summed E-state index contributed by atoms with van der Waals surface area (Å²) in [4.78, 5) is 12.5. The number of nitrogens with zero attached hydrogens (tertiary/aromatic N) is 2. The summed E-state index contributed by atoms with van der Waals surface area (Å²) in [5.74, 6) is 0.933. The molecule has 0 radical (unpaired) electrons. The molecule has 3 rings (SSSR count). The van der Waals surface area contributed by atoms with Gasteiger partial charge >= 0.3 is 0 Å². The van der Waals surface area contributed by atoms with Gasteiger partial charge in [0.1, 0.15) is 11.6 Å². The van der Waals surface area contributed by atoms with E-state index in [1.165, 1.54) is 0 Å². The van der Waals surface area contributed by atoms with Crippen LogP contribution in [0.4, 0.5) is 5.82 Å². The quantitative estimate of drug-likeness (QED) is 0.723. The van der Waals surface area contributed by atoms with Crippen molar-refractivity contribution in [3.63, 3.8) is 0 Å². The molecule has 1 N–H and O–H groups in total. The van der Waals surface area contributed by atoms with Crippen LogP contribution in [0.1, 0.15) is 15.9 Å². The first kappa shape index (κ1) is 16.3. The number of aromatic nitrogens is 2. The number of hydrogen-bond donors (Lipinski definition) is 1. The van der Waals surface area contributed by atoms with Gasteiger partial charge in [-0.15, -0.1) is 0 Å². The Morgan fingerprint density at radius 3 is 2.83 bits per heavy atom. The lowest BCUT2D eigenvalue weighted by molar-refractivity contribution is 0.102. The number of nitrogens with one attached hydrogen (secondary N) is 1. The van der Waals surface area contributed by atoms with Gasteiger partial charge in [0.25, 0.3) is 5.91 Å². The van der Waals surface area contributed by atoms with Crippen molar-refractivity contribution in [2.45, 2.75) is 6.54 Å². The molecule has 3 aromatic rings. The highest BCUT2D eigenvalue weighted by Crippen LogP contribution is 2.20. The zero-order chi connectivity index (χ0) is 16.9. The molecule has 6 heteroatoms. The van der Waals surface area contributed by atoms with Crippen LogP contribution >= 0.6 is 15.9 Å². The Balaban J connectivity index is 1.79. The Kier molecular flexibility index (Phi) is 4.96. The van der Waals surface area contributed by atoms with Crippen LogP contribution < -0.4 is 10.1 Å². The van der Waals surface area contributed by atoms with Crippen LogP contribution in [0, 0.1) is 0 Å². The van der Waals surface area contributed by atoms with Gasteiger partial charge in [0.2, 0.25) is 0 Å². The Bertz CT molecular complexity index is 861. The molecule has 0 aliphatic rings. The van der Waals surface area contributed by atoms with Crippen molar-refractivity contribution < 1.29 is 9.53 Å². The SMILES string of the molecule is COc1ccccc1C(=O)Nc1ccnn1Cc1cccc(Br)c1. The van der Waals surface area contributed by atoms with E-state index in [9.17, 15) is 4.79 Å². The van der Waals surface area contributed by atoms with E-state index in [1.54, 1.807) is 42.3 Å². The number of anilines is 1. The van der Waals surface area contributed by atoms with Gasteiger partial charge < -0.3 is 10.1 Å². The maximum Gasteiger partial charge on any atom is 0.260 e. The fourth-order valence-corrected chi connectivity index (χ4v) is 2.84. The summed E-state index contributed by atoms with van der Waals surface area (Å²) in [6, 6.07) is 16.9. The van der Waals surface area contributed by atoms with Gasteiger partial charge in [0.15, 0.2) is 0 Å². The molecule has 0 atom stereocenters. The van der Waals surface area contributed by atoms with Gasteiger partial charge in [-0.05, 0) is 29.8 Å². The maximum absolute atomic E-state index is 12.5. The minimum Gasteiger partial charge on any atom is -0.496 e. The Morgan fingerprint density at radius 2 is 2.04 bits per heavy atom. The van der Waals surface area contributed by atoms with Crippen molar-refractivity contribution >= 4 is 27.7 Å². The fraction of sp³-hybridized carbons (Fsp3) is 0.111.